The van der Waals surface area contributed by atoms with Crippen molar-refractivity contribution in [3.05, 3.63) is 16.3 Å². The zero-order valence-corrected chi connectivity index (χ0v) is 10.8. The Bertz CT molecular complexity index is 392. The van der Waals surface area contributed by atoms with Crippen molar-refractivity contribution in [2.75, 3.05) is 5.32 Å². The smallest absolute Gasteiger partial charge is 0.155 e. The molecule has 1 heterocycles. The maximum atomic E-state index is 5.92. The number of aromatic nitrogens is 2. The van der Waals surface area contributed by atoms with Gasteiger partial charge >= 0.3 is 0 Å². The van der Waals surface area contributed by atoms with Crippen LogP contribution in [0.3, 0.4) is 0 Å². The van der Waals surface area contributed by atoms with Gasteiger partial charge in [-0.2, -0.15) is 0 Å². The number of halogens is 1. The molecule has 1 aromatic rings. The summed E-state index contributed by atoms with van der Waals surface area (Å²) in [5, 5.41) is 12.1. The van der Waals surface area contributed by atoms with E-state index in [1.165, 1.54) is 19.3 Å². The monoisotopic (exact) mass is 239 g/mol. The minimum Gasteiger partial charge on any atom is -0.366 e. The molecule has 0 radical (unpaired) electrons. The highest BCUT2D eigenvalue weighted by Crippen LogP contribution is 2.28. The lowest BCUT2D eigenvalue weighted by atomic mass is 10.1. The summed E-state index contributed by atoms with van der Waals surface area (Å²) >= 11 is 5.92. The first-order valence-electron chi connectivity index (χ1n) is 5.84. The van der Waals surface area contributed by atoms with Crippen LogP contribution in [0.15, 0.2) is 0 Å². The number of nitrogens with one attached hydrogen (secondary N) is 1. The molecular weight excluding hydrogens is 222 g/mol. The second kappa shape index (κ2) is 4.58. The van der Waals surface area contributed by atoms with Crippen molar-refractivity contribution in [3.63, 3.8) is 0 Å². The standard InChI is InChI=1S/C12H18ClN3/c1-7-4-5-10(6-7)14-12-9(3)8(2)11(13)15-16-12/h7,10H,4-6H2,1-3H3,(H,14,16). The third kappa shape index (κ3) is 2.29. The van der Waals surface area contributed by atoms with Crippen LogP contribution in [0.5, 0.6) is 0 Å². The zero-order valence-electron chi connectivity index (χ0n) is 10.0. The van der Waals surface area contributed by atoms with Gasteiger partial charge in [0.25, 0.3) is 0 Å². The Morgan fingerprint density at radius 3 is 2.56 bits per heavy atom. The van der Waals surface area contributed by atoms with Crippen LogP contribution in [-0.2, 0) is 0 Å². The minimum atomic E-state index is 0.503. The lowest BCUT2D eigenvalue weighted by molar-refractivity contribution is 0.602. The van der Waals surface area contributed by atoms with Gasteiger partial charge in [-0.05, 0) is 50.2 Å². The number of rotatable bonds is 2. The second-order valence-electron chi connectivity index (χ2n) is 4.85. The highest BCUT2D eigenvalue weighted by molar-refractivity contribution is 6.30. The fraction of sp³-hybridized carbons (Fsp3) is 0.667. The van der Waals surface area contributed by atoms with Crippen molar-refractivity contribution in [2.45, 2.75) is 46.1 Å². The molecule has 0 aromatic carbocycles. The molecule has 0 amide bonds. The second-order valence-corrected chi connectivity index (χ2v) is 5.21. The van der Waals surface area contributed by atoms with Crippen LogP contribution >= 0.6 is 11.6 Å². The average molecular weight is 240 g/mol. The Labute approximate surface area is 102 Å². The number of anilines is 1. The molecule has 16 heavy (non-hydrogen) atoms. The SMILES string of the molecule is Cc1c(Cl)nnc(NC2CCC(C)C2)c1C. The molecule has 0 saturated heterocycles. The molecule has 1 N–H and O–H groups in total. The summed E-state index contributed by atoms with van der Waals surface area (Å²) < 4.78 is 0. The molecule has 0 aliphatic heterocycles. The molecule has 1 aromatic heterocycles. The summed E-state index contributed by atoms with van der Waals surface area (Å²) in [7, 11) is 0. The Balaban J connectivity index is 2.13. The minimum absolute atomic E-state index is 0.503. The first-order valence-corrected chi connectivity index (χ1v) is 6.21. The summed E-state index contributed by atoms with van der Waals surface area (Å²) in [6.45, 7) is 6.32. The van der Waals surface area contributed by atoms with Crippen molar-refractivity contribution >= 4 is 17.4 Å². The molecule has 1 aliphatic rings. The van der Waals surface area contributed by atoms with Crippen LogP contribution in [-0.4, -0.2) is 16.2 Å². The van der Waals surface area contributed by atoms with Crippen molar-refractivity contribution in [2.24, 2.45) is 5.92 Å². The highest BCUT2D eigenvalue weighted by atomic mass is 35.5. The van der Waals surface area contributed by atoms with Gasteiger partial charge in [-0.3, -0.25) is 0 Å². The van der Waals surface area contributed by atoms with Gasteiger partial charge in [0.2, 0.25) is 0 Å². The van der Waals surface area contributed by atoms with Crippen LogP contribution in [0.4, 0.5) is 5.82 Å². The quantitative estimate of drug-likeness (QED) is 0.860. The van der Waals surface area contributed by atoms with Crippen molar-refractivity contribution in [3.8, 4) is 0 Å². The Morgan fingerprint density at radius 1 is 1.19 bits per heavy atom. The maximum Gasteiger partial charge on any atom is 0.155 e. The first-order chi connectivity index (χ1) is 7.58. The van der Waals surface area contributed by atoms with Gasteiger partial charge in [-0.15, -0.1) is 10.2 Å². The van der Waals surface area contributed by atoms with Crippen molar-refractivity contribution in [1.29, 1.82) is 0 Å². The van der Waals surface area contributed by atoms with Crippen molar-refractivity contribution < 1.29 is 0 Å². The van der Waals surface area contributed by atoms with Crippen LogP contribution in [0, 0.1) is 19.8 Å². The summed E-state index contributed by atoms with van der Waals surface area (Å²) in [6.07, 6.45) is 3.75. The summed E-state index contributed by atoms with van der Waals surface area (Å²) in [4.78, 5) is 0. The summed E-state index contributed by atoms with van der Waals surface area (Å²) in [6, 6.07) is 0.545. The molecule has 2 unspecified atom stereocenters. The van der Waals surface area contributed by atoms with Gasteiger partial charge in [0, 0.05) is 6.04 Å². The molecule has 0 bridgehead atoms. The average Bonchev–Trinajstić information content (AvgIpc) is 2.65. The van der Waals surface area contributed by atoms with E-state index in [9.17, 15) is 0 Å². The van der Waals surface area contributed by atoms with Crippen LogP contribution in [0.25, 0.3) is 0 Å². The van der Waals surface area contributed by atoms with E-state index in [0.717, 1.165) is 22.9 Å². The van der Waals surface area contributed by atoms with Gasteiger partial charge < -0.3 is 5.32 Å². The molecule has 1 fully saturated rings. The lowest BCUT2D eigenvalue weighted by Crippen LogP contribution is -2.18. The number of hydrogen-bond acceptors (Lipinski definition) is 3. The van der Waals surface area contributed by atoms with E-state index in [1.807, 2.05) is 13.8 Å². The molecule has 1 aliphatic carbocycles. The van der Waals surface area contributed by atoms with Crippen LogP contribution in [0.2, 0.25) is 5.15 Å². The van der Waals surface area contributed by atoms with Gasteiger partial charge in [-0.1, -0.05) is 18.5 Å². The first kappa shape index (κ1) is 11.6. The predicted molar refractivity (Wildman–Crippen MR) is 66.9 cm³/mol. The normalized spacial score (nSPS) is 24.8. The largest absolute Gasteiger partial charge is 0.366 e. The molecule has 2 atom stereocenters. The Kier molecular flexibility index (Phi) is 3.33. The van der Waals surface area contributed by atoms with Crippen LogP contribution in [0.1, 0.15) is 37.3 Å². The van der Waals surface area contributed by atoms with E-state index in [2.05, 4.69) is 22.4 Å². The fourth-order valence-corrected chi connectivity index (χ4v) is 2.42. The maximum absolute atomic E-state index is 5.92. The molecule has 1 saturated carbocycles. The molecular formula is C12H18ClN3. The van der Waals surface area contributed by atoms with E-state index in [-0.39, 0.29) is 0 Å². The predicted octanol–water partition coefficient (Wildman–Crippen LogP) is 3.35. The van der Waals surface area contributed by atoms with Crippen molar-refractivity contribution in [1.82, 2.24) is 10.2 Å². The van der Waals surface area contributed by atoms with E-state index in [0.29, 0.717) is 11.2 Å². The van der Waals surface area contributed by atoms with Gasteiger partial charge in [-0.25, -0.2) is 0 Å². The summed E-state index contributed by atoms with van der Waals surface area (Å²) in [5.74, 6) is 1.71. The third-order valence-corrected chi connectivity index (χ3v) is 3.86. The Morgan fingerprint density at radius 2 is 1.94 bits per heavy atom. The van der Waals surface area contributed by atoms with Crippen LogP contribution < -0.4 is 5.32 Å². The summed E-state index contributed by atoms with van der Waals surface area (Å²) in [5.41, 5.74) is 2.13. The van der Waals surface area contributed by atoms with Gasteiger partial charge in [0.1, 0.15) is 0 Å². The topological polar surface area (TPSA) is 37.8 Å². The zero-order chi connectivity index (χ0) is 11.7. The van der Waals surface area contributed by atoms with E-state index < -0.39 is 0 Å². The molecule has 2 rings (SSSR count). The number of hydrogen-bond donors (Lipinski definition) is 1. The van der Waals surface area contributed by atoms with E-state index in [1.54, 1.807) is 0 Å². The van der Waals surface area contributed by atoms with E-state index in [4.69, 9.17) is 11.6 Å². The third-order valence-electron chi connectivity index (χ3n) is 3.50. The molecule has 88 valence electrons. The van der Waals surface area contributed by atoms with Gasteiger partial charge in [0.15, 0.2) is 11.0 Å². The number of nitrogens with zero attached hydrogens (tertiary/aromatic N) is 2. The molecule has 0 spiro atoms. The highest BCUT2D eigenvalue weighted by Gasteiger charge is 2.22. The Hall–Kier alpha value is -0.830. The molecule has 3 nitrogen and oxygen atoms in total. The fourth-order valence-electron chi connectivity index (χ4n) is 2.24. The van der Waals surface area contributed by atoms with E-state index >= 15 is 0 Å². The van der Waals surface area contributed by atoms with Gasteiger partial charge in [0.05, 0.1) is 0 Å². The molecule has 4 heteroatoms. The lowest BCUT2D eigenvalue weighted by Gasteiger charge is -2.15.